The van der Waals surface area contributed by atoms with E-state index in [1.807, 2.05) is 35.2 Å². The van der Waals surface area contributed by atoms with E-state index in [9.17, 15) is 9.59 Å². The summed E-state index contributed by atoms with van der Waals surface area (Å²) in [6.45, 7) is 0.622. The van der Waals surface area contributed by atoms with Crippen LogP contribution in [-0.4, -0.2) is 35.3 Å². The standard InChI is InChI=1S/C15H19N3O2/c16-14(10-4-2-1-3-5-10)15(20)17-11-8-13(19)18(9-11)12-6-7-12/h1-5,11-12,14H,6-9,16H2,(H,17,20). The van der Waals surface area contributed by atoms with E-state index in [2.05, 4.69) is 5.32 Å². The van der Waals surface area contributed by atoms with Crippen LogP contribution < -0.4 is 11.1 Å². The number of carbonyl (C=O) groups excluding carboxylic acids is 2. The van der Waals surface area contributed by atoms with E-state index in [1.54, 1.807) is 0 Å². The van der Waals surface area contributed by atoms with E-state index in [-0.39, 0.29) is 17.9 Å². The van der Waals surface area contributed by atoms with Gasteiger partial charge in [-0.05, 0) is 18.4 Å². The largest absolute Gasteiger partial charge is 0.349 e. The number of hydrogen-bond donors (Lipinski definition) is 2. The van der Waals surface area contributed by atoms with E-state index < -0.39 is 6.04 Å². The number of likely N-dealkylation sites (tertiary alicyclic amines) is 1. The van der Waals surface area contributed by atoms with Gasteiger partial charge in [-0.1, -0.05) is 30.3 Å². The molecule has 20 heavy (non-hydrogen) atoms. The quantitative estimate of drug-likeness (QED) is 0.842. The number of nitrogens with one attached hydrogen (secondary N) is 1. The summed E-state index contributed by atoms with van der Waals surface area (Å²) in [7, 11) is 0. The van der Waals surface area contributed by atoms with Crippen LogP contribution in [0.3, 0.4) is 0 Å². The minimum atomic E-state index is -0.679. The number of hydrogen-bond acceptors (Lipinski definition) is 3. The van der Waals surface area contributed by atoms with Crippen LogP contribution in [0, 0.1) is 0 Å². The summed E-state index contributed by atoms with van der Waals surface area (Å²) in [5.41, 5.74) is 6.73. The van der Waals surface area contributed by atoms with Crippen LogP contribution in [0.1, 0.15) is 30.9 Å². The predicted molar refractivity (Wildman–Crippen MR) is 74.7 cm³/mol. The lowest BCUT2D eigenvalue weighted by atomic mass is 10.1. The lowest BCUT2D eigenvalue weighted by Gasteiger charge is -2.18. The Morgan fingerprint density at radius 1 is 1.30 bits per heavy atom. The van der Waals surface area contributed by atoms with Crippen LogP contribution in [0.5, 0.6) is 0 Å². The minimum Gasteiger partial charge on any atom is -0.349 e. The van der Waals surface area contributed by atoms with Gasteiger partial charge in [0.2, 0.25) is 11.8 Å². The van der Waals surface area contributed by atoms with Gasteiger partial charge in [0.15, 0.2) is 0 Å². The van der Waals surface area contributed by atoms with Crippen LogP contribution in [-0.2, 0) is 9.59 Å². The zero-order chi connectivity index (χ0) is 14.1. The minimum absolute atomic E-state index is 0.106. The Morgan fingerprint density at radius 3 is 2.65 bits per heavy atom. The highest BCUT2D eigenvalue weighted by Gasteiger charge is 2.40. The Bertz CT molecular complexity index is 513. The van der Waals surface area contributed by atoms with E-state index in [1.165, 1.54) is 0 Å². The third kappa shape index (κ3) is 2.67. The van der Waals surface area contributed by atoms with Gasteiger partial charge in [-0.2, -0.15) is 0 Å². The molecule has 1 aromatic rings. The first kappa shape index (κ1) is 13.1. The lowest BCUT2D eigenvalue weighted by molar-refractivity contribution is -0.128. The van der Waals surface area contributed by atoms with Crippen molar-refractivity contribution in [1.82, 2.24) is 10.2 Å². The van der Waals surface area contributed by atoms with Gasteiger partial charge < -0.3 is 16.0 Å². The molecule has 0 spiro atoms. The summed E-state index contributed by atoms with van der Waals surface area (Å²) in [4.78, 5) is 25.9. The molecule has 1 saturated heterocycles. The fourth-order valence-electron chi connectivity index (χ4n) is 2.67. The first-order valence-corrected chi connectivity index (χ1v) is 7.05. The number of amides is 2. The Balaban J connectivity index is 1.58. The number of benzene rings is 1. The average Bonchev–Trinajstić information content (AvgIpc) is 3.23. The molecule has 2 aliphatic rings. The third-order valence-electron chi connectivity index (χ3n) is 3.93. The maximum Gasteiger partial charge on any atom is 0.241 e. The molecule has 106 valence electrons. The second-order valence-electron chi connectivity index (χ2n) is 5.58. The molecule has 0 radical (unpaired) electrons. The zero-order valence-electron chi connectivity index (χ0n) is 11.3. The first-order valence-electron chi connectivity index (χ1n) is 7.05. The summed E-state index contributed by atoms with van der Waals surface area (Å²) in [6, 6.07) is 8.89. The normalized spacial score (nSPS) is 23.8. The van der Waals surface area contributed by atoms with Gasteiger partial charge in [0.1, 0.15) is 6.04 Å². The molecular weight excluding hydrogens is 254 g/mol. The molecule has 1 aliphatic heterocycles. The summed E-state index contributed by atoms with van der Waals surface area (Å²) < 4.78 is 0. The molecule has 1 aliphatic carbocycles. The van der Waals surface area contributed by atoms with Gasteiger partial charge in [0.05, 0.1) is 6.04 Å². The van der Waals surface area contributed by atoms with Crippen molar-refractivity contribution in [3.05, 3.63) is 35.9 Å². The molecule has 3 N–H and O–H groups in total. The van der Waals surface area contributed by atoms with Crippen molar-refractivity contribution in [2.75, 3.05) is 6.54 Å². The van der Waals surface area contributed by atoms with Crippen molar-refractivity contribution < 1.29 is 9.59 Å². The topological polar surface area (TPSA) is 75.4 Å². The van der Waals surface area contributed by atoms with Crippen LogP contribution in [0.25, 0.3) is 0 Å². The maximum atomic E-state index is 12.1. The van der Waals surface area contributed by atoms with Crippen molar-refractivity contribution in [1.29, 1.82) is 0 Å². The predicted octanol–water partition coefficient (Wildman–Crippen LogP) is 0.566. The van der Waals surface area contributed by atoms with Crippen molar-refractivity contribution in [3.63, 3.8) is 0 Å². The molecule has 3 rings (SSSR count). The molecule has 5 heteroatoms. The van der Waals surface area contributed by atoms with Crippen molar-refractivity contribution in [2.24, 2.45) is 5.73 Å². The van der Waals surface area contributed by atoms with E-state index in [4.69, 9.17) is 5.73 Å². The molecule has 1 heterocycles. The molecule has 1 aromatic carbocycles. The van der Waals surface area contributed by atoms with Crippen molar-refractivity contribution in [3.8, 4) is 0 Å². The molecule has 2 atom stereocenters. The molecule has 0 bridgehead atoms. The Kier molecular flexibility index (Phi) is 3.44. The molecular formula is C15H19N3O2. The van der Waals surface area contributed by atoms with Gasteiger partial charge >= 0.3 is 0 Å². The number of rotatable bonds is 4. The van der Waals surface area contributed by atoms with Crippen molar-refractivity contribution in [2.45, 2.75) is 37.4 Å². The van der Waals surface area contributed by atoms with Gasteiger partial charge in [0.25, 0.3) is 0 Å². The summed E-state index contributed by atoms with van der Waals surface area (Å²) in [5.74, 6) is -0.0715. The van der Waals surface area contributed by atoms with Gasteiger partial charge in [-0.15, -0.1) is 0 Å². The van der Waals surface area contributed by atoms with E-state index in [0.29, 0.717) is 19.0 Å². The highest BCUT2D eigenvalue weighted by molar-refractivity contribution is 5.85. The molecule has 5 nitrogen and oxygen atoms in total. The summed E-state index contributed by atoms with van der Waals surface area (Å²) in [6.07, 6.45) is 2.58. The SMILES string of the molecule is NC(C(=O)NC1CC(=O)N(C2CC2)C1)c1ccccc1. The maximum absolute atomic E-state index is 12.1. The van der Waals surface area contributed by atoms with Crippen LogP contribution in [0.2, 0.25) is 0 Å². The fraction of sp³-hybridized carbons (Fsp3) is 0.467. The highest BCUT2D eigenvalue weighted by atomic mass is 16.2. The Morgan fingerprint density at radius 2 is 2.00 bits per heavy atom. The molecule has 0 aromatic heterocycles. The Hall–Kier alpha value is -1.88. The second kappa shape index (κ2) is 5.25. The average molecular weight is 273 g/mol. The van der Waals surface area contributed by atoms with Crippen molar-refractivity contribution >= 4 is 11.8 Å². The zero-order valence-corrected chi connectivity index (χ0v) is 11.3. The number of carbonyl (C=O) groups is 2. The van der Waals surface area contributed by atoms with Gasteiger partial charge in [-0.25, -0.2) is 0 Å². The molecule has 2 unspecified atom stereocenters. The monoisotopic (exact) mass is 273 g/mol. The molecule has 2 fully saturated rings. The molecule has 2 amide bonds. The summed E-state index contributed by atoms with van der Waals surface area (Å²) in [5, 5.41) is 2.89. The smallest absolute Gasteiger partial charge is 0.241 e. The van der Waals surface area contributed by atoms with E-state index in [0.717, 1.165) is 18.4 Å². The van der Waals surface area contributed by atoms with Crippen LogP contribution in [0.15, 0.2) is 30.3 Å². The van der Waals surface area contributed by atoms with Gasteiger partial charge in [-0.3, -0.25) is 9.59 Å². The lowest BCUT2D eigenvalue weighted by Crippen LogP contribution is -2.42. The van der Waals surface area contributed by atoms with Crippen LogP contribution >= 0.6 is 0 Å². The number of nitrogens with zero attached hydrogens (tertiary/aromatic N) is 1. The second-order valence-corrected chi connectivity index (χ2v) is 5.58. The summed E-state index contributed by atoms with van der Waals surface area (Å²) >= 11 is 0. The van der Waals surface area contributed by atoms with E-state index >= 15 is 0 Å². The van der Waals surface area contributed by atoms with Crippen LogP contribution in [0.4, 0.5) is 0 Å². The number of nitrogens with two attached hydrogens (primary N) is 1. The van der Waals surface area contributed by atoms with Gasteiger partial charge in [0, 0.05) is 19.0 Å². The highest BCUT2D eigenvalue weighted by Crippen LogP contribution is 2.30. The third-order valence-corrected chi connectivity index (χ3v) is 3.93. The first-order chi connectivity index (χ1) is 9.65. The molecule has 1 saturated carbocycles. The Labute approximate surface area is 118 Å². The fourth-order valence-corrected chi connectivity index (χ4v) is 2.67.